The summed E-state index contributed by atoms with van der Waals surface area (Å²) < 4.78 is 9.52. The van der Waals surface area contributed by atoms with Crippen LogP contribution in [0.15, 0.2) is 0 Å². The highest BCUT2D eigenvalue weighted by molar-refractivity contribution is 5.91. The molecule has 0 amide bonds. The summed E-state index contributed by atoms with van der Waals surface area (Å²) in [5.74, 6) is -0.870. The molecule has 3 N–H and O–H groups in total. The lowest BCUT2D eigenvalue weighted by atomic mass is 10.2. The molecule has 6 heteroatoms. The van der Waals surface area contributed by atoms with Crippen molar-refractivity contribution in [2.75, 3.05) is 7.11 Å². The Labute approximate surface area is 93.6 Å². The van der Waals surface area contributed by atoms with Crippen molar-refractivity contribution in [3.63, 3.8) is 0 Å². The first-order chi connectivity index (χ1) is 7.50. The SMILES string of the molecule is COC(=O)CCCC(=O)OC1(C(=N)N)CC1. The molecule has 1 rings (SSSR count). The molecule has 1 fully saturated rings. The highest BCUT2D eigenvalue weighted by Crippen LogP contribution is 2.39. The molecule has 90 valence electrons. The molecule has 0 bridgehead atoms. The molecule has 0 aliphatic heterocycles. The number of carbonyl (C=O) groups excluding carboxylic acids is 2. The third kappa shape index (κ3) is 3.22. The molecule has 0 heterocycles. The van der Waals surface area contributed by atoms with Gasteiger partial charge in [0.2, 0.25) is 0 Å². The smallest absolute Gasteiger partial charge is 0.306 e. The highest BCUT2D eigenvalue weighted by Gasteiger charge is 2.50. The molecular weight excluding hydrogens is 212 g/mol. The average molecular weight is 228 g/mol. The van der Waals surface area contributed by atoms with Gasteiger partial charge in [-0.15, -0.1) is 0 Å². The minimum atomic E-state index is -0.845. The van der Waals surface area contributed by atoms with Crippen LogP contribution in [0.2, 0.25) is 0 Å². The van der Waals surface area contributed by atoms with Gasteiger partial charge >= 0.3 is 11.9 Å². The lowest BCUT2D eigenvalue weighted by Gasteiger charge is -2.14. The van der Waals surface area contributed by atoms with Crippen molar-refractivity contribution in [2.24, 2.45) is 5.73 Å². The monoisotopic (exact) mass is 228 g/mol. The van der Waals surface area contributed by atoms with E-state index in [9.17, 15) is 9.59 Å². The third-order valence-corrected chi connectivity index (χ3v) is 2.49. The first-order valence-electron chi connectivity index (χ1n) is 5.13. The first-order valence-corrected chi connectivity index (χ1v) is 5.13. The lowest BCUT2D eigenvalue weighted by molar-refractivity contribution is -0.148. The highest BCUT2D eigenvalue weighted by atomic mass is 16.6. The lowest BCUT2D eigenvalue weighted by Crippen LogP contribution is -2.34. The summed E-state index contributed by atoms with van der Waals surface area (Å²) in [5.41, 5.74) is 4.47. The fourth-order valence-electron chi connectivity index (χ4n) is 1.29. The molecule has 0 unspecified atom stereocenters. The van der Waals surface area contributed by atoms with Gasteiger partial charge in [0.15, 0.2) is 5.60 Å². The van der Waals surface area contributed by atoms with Crippen LogP contribution in [0.1, 0.15) is 32.1 Å². The second-order valence-corrected chi connectivity index (χ2v) is 3.81. The van der Waals surface area contributed by atoms with Crippen molar-refractivity contribution in [3.8, 4) is 0 Å². The zero-order chi connectivity index (χ0) is 12.2. The standard InChI is InChI=1S/C10H16N2O4/c1-15-7(13)3-2-4-8(14)16-10(5-6-10)9(11)12/h2-6H2,1H3,(H3,11,12). The normalized spacial score (nSPS) is 16.3. The van der Waals surface area contributed by atoms with Gasteiger partial charge in [0.25, 0.3) is 0 Å². The number of nitrogens with two attached hydrogens (primary N) is 1. The predicted octanol–water partition coefficient (Wildman–Crippen LogP) is 0.341. The summed E-state index contributed by atoms with van der Waals surface area (Å²) in [7, 11) is 1.30. The molecule has 0 radical (unpaired) electrons. The molecular formula is C10H16N2O4. The molecule has 1 saturated carbocycles. The molecule has 0 aromatic heterocycles. The Morgan fingerprint density at radius 1 is 1.31 bits per heavy atom. The fourth-order valence-corrected chi connectivity index (χ4v) is 1.29. The van der Waals surface area contributed by atoms with E-state index in [1.165, 1.54) is 7.11 Å². The second-order valence-electron chi connectivity index (χ2n) is 3.81. The van der Waals surface area contributed by atoms with Crippen molar-refractivity contribution < 1.29 is 19.1 Å². The Morgan fingerprint density at radius 2 is 1.88 bits per heavy atom. The van der Waals surface area contributed by atoms with Crippen molar-refractivity contribution in [2.45, 2.75) is 37.7 Å². The summed E-state index contributed by atoms with van der Waals surface area (Å²) in [6.07, 6.45) is 1.96. The van der Waals surface area contributed by atoms with Crippen LogP contribution in [0.3, 0.4) is 0 Å². The average Bonchev–Trinajstić information content (AvgIpc) is 2.98. The van der Waals surface area contributed by atoms with E-state index in [1.54, 1.807) is 0 Å². The summed E-state index contributed by atoms with van der Waals surface area (Å²) in [4.78, 5) is 22.1. The van der Waals surface area contributed by atoms with Crippen LogP contribution < -0.4 is 5.73 Å². The maximum absolute atomic E-state index is 11.3. The van der Waals surface area contributed by atoms with Gasteiger partial charge in [-0.3, -0.25) is 15.0 Å². The zero-order valence-electron chi connectivity index (χ0n) is 9.25. The van der Waals surface area contributed by atoms with E-state index in [-0.39, 0.29) is 24.6 Å². The molecule has 1 aliphatic carbocycles. The van der Waals surface area contributed by atoms with E-state index in [0.717, 1.165) is 0 Å². The van der Waals surface area contributed by atoms with Crippen LogP contribution in [-0.4, -0.2) is 30.5 Å². The van der Waals surface area contributed by atoms with Gasteiger partial charge in [0, 0.05) is 12.8 Å². The number of hydrogen-bond acceptors (Lipinski definition) is 5. The van der Waals surface area contributed by atoms with Crippen molar-refractivity contribution in [1.82, 2.24) is 0 Å². The fraction of sp³-hybridized carbons (Fsp3) is 0.700. The van der Waals surface area contributed by atoms with Crippen LogP contribution in [0, 0.1) is 5.41 Å². The topological polar surface area (TPSA) is 102 Å². The zero-order valence-corrected chi connectivity index (χ0v) is 9.25. The van der Waals surface area contributed by atoms with Gasteiger partial charge in [-0.1, -0.05) is 0 Å². The van der Waals surface area contributed by atoms with Gasteiger partial charge in [-0.25, -0.2) is 0 Å². The Morgan fingerprint density at radius 3 is 2.31 bits per heavy atom. The largest absolute Gasteiger partial charge is 0.469 e. The molecule has 16 heavy (non-hydrogen) atoms. The number of esters is 2. The summed E-state index contributed by atoms with van der Waals surface area (Å²) in [5, 5.41) is 7.25. The van der Waals surface area contributed by atoms with Crippen molar-refractivity contribution in [3.05, 3.63) is 0 Å². The van der Waals surface area contributed by atoms with Crippen LogP contribution in [0.5, 0.6) is 0 Å². The number of hydrogen-bond donors (Lipinski definition) is 2. The van der Waals surface area contributed by atoms with Crippen LogP contribution in [0.4, 0.5) is 0 Å². The van der Waals surface area contributed by atoms with E-state index >= 15 is 0 Å². The number of rotatable bonds is 6. The minimum absolute atomic E-state index is 0.103. The van der Waals surface area contributed by atoms with Gasteiger partial charge in [0.05, 0.1) is 7.11 Å². The third-order valence-electron chi connectivity index (χ3n) is 2.49. The van der Waals surface area contributed by atoms with E-state index in [1.807, 2.05) is 0 Å². The number of carbonyl (C=O) groups is 2. The molecule has 0 aromatic carbocycles. The number of amidine groups is 1. The van der Waals surface area contributed by atoms with E-state index in [2.05, 4.69) is 4.74 Å². The van der Waals surface area contributed by atoms with Gasteiger partial charge in [-0.2, -0.15) is 0 Å². The van der Waals surface area contributed by atoms with Gasteiger partial charge < -0.3 is 15.2 Å². The second kappa shape index (κ2) is 4.96. The molecule has 0 aromatic rings. The van der Waals surface area contributed by atoms with E-state index in [4.69, 9.17) is 15.9 Å². The van der Waals surface area contributed by atoms with Gasteiger partial charge in [0.1, 0.15) is 5.84 Å². The molecule has 6 nitrogen and oxygen atoms in total. The molecule has 0 saturated heterocycles. The minimum Gasteiger partial charge on any atom is -0.469 e. The van der Waals surface area contributed by atoms with E-state index in [0.29, 0.717) is 19.3 Å². The van der Waals surface area contributed by atoms with Gasteiger partial charge in [-0.05, 0) is 19.3 Å². The summed E-state index contributed by atoms with van der Waals surface area (Å²) in [6.45, 7) is 0. The maximum atomic E-state index is 11.3. The van der Waals surface area contributed by atoms with Crippen molar-refractivity contribution in [1.29, 1.82) is 5.41 Å². The molecule has 0 atom stereocenters. The maximum Gasteiger partial charge on any atom is 0.306 e. The Balaban J connectivity index is 2.22. The van der Waals surface area contributed by atoms with Crippen LogP contribution in [-0.2, 0) is 19.1 Å². The Hall–Kier alpha value is -1.59. The summed E-state index contributed by atoms with van der Waals surface area (Å²) in [6, 6.07) is 0. The molecule has 1 aliphatic rings. The predicted molar refractivity (Wildman–Crippen MR) is 55.8 cm³/mol. The number of methoxy groups -OCH3 is 1. The Kier molecular flexibility index (Phi) is 3.87. The number of ether oxygens (including phenoxy) is 2. The van der Waals surface area contributed by atoms with Crippen LogP contribution in [0.25, 0.3) is 0 Å². The molecule has 0 spiro atoms. The number of nitrogens with one attached hydrogen (secondary N) is 1. The summed E-state index contributed by atoms with van der Waals surface area (Å²) >= 11 is 0. The Bertz CT molecular complexity index is 310. The van der Waals surface area contributed by atoms with E-state index < -0.39 is 11.6 Å². The van der Waals surface area contributed by atoms with Crippen LogP contribution >= 0.6 is 0 Å². The van der Waals surface area contributed by atoms with Crippen molar-refractivity contribution >= 4 is 17.8 Å². The quantitative estimate of drug-likeness (QED) is 0.387. The first kappa shape index (κ1) is 12.5.